The first-order valence-electron chi connectivity index (χ1n) is 10.0. The zero-order chi connectivity index (χ0) is 20.8. The second kappa shape index (κ2) is 9.71. The molecule has 1 aliphatic heterocycles. The van der Waals surface area contributed by atoms with Gasteiger partial charge in [-0.3, -0.25) is 24.6 Å². The van der Waals surface area contributed by atoms with Gasteiger partial charge in [0.2, 0.25) is 18.2 Å². The third-order valence-corrected chi connectivity index (χ3v) is 5.64. The number of phenolic OH excluding ortho intramolecular Hbond substituents is 1. The van der Waals surface area contributed by atoms with E-state index in [1.807, 2.05) is 0 Å². The van der Waals surface area contributed by atoms with Crippen LogP contribution in [0.25, 0.3) is 0 Å². The van der Waals surface area contributed by atoms with Crippen LogP contribution in [0.15, 0.2) is 24.3 Å². The van der Waals surface area contributed by atoms with Gasteiger partial charge in [0.05, 0.1) is 12.5 Å². The first-order chi connectivity index (χ1) is 14.0. The lowest BCUT2D eigenvalue weighted by Gasteiger charge is -2.30. The van der Waals surface area contributed by atoms with E-state index in [0.717, 1.165) is 25.7 Å². The fraction of sp³-hybridized carbons (Fsp3) is 0.550. The molecule has 3 rings (SSSR count). The quantitative estimate of drug-likeness (QED) is 0.296. The Morgan fingerprint density at radius 3 is 2.76 bits per heavy atom. The summed E-state index contributed by atoms with van der Waals surface area (Å²) >= 11 is 0. The molecule has 1 aromatic carbocycles. The number of rotatable bonds is 8. The number of hydrazine groups is 1. The highest BCUT2D eigenvalue weighted by molar-refractivity contribution is 5.97. The molecule has 2 aliphatic rings. The first-order valence-corrected chi connectivity index (χ1v) is 10.0. The van der Waals surface area contributed by atoms with Gasteiger partial charge in [-0.25, -0.2) is 10.5 Å². The summed E-state index contributed by atoms with van der Waals surface area (Å²) in [6.07, 6.45) is 5.62. The Bertz CT molecular complexity index is 737. The second-order valence-electron chi connectivity index (χ2n) is 7.77. The zero-order valence-electron chi connectivity index (χ0n) is 16.3. The van der Waals surface area contributed by atoms with Crippen molar-refractivity contribution < 1.29 is 24.7 Å². The number of aromatic hydroxyl groups is 1. The Morgan fingerprint density at radius 2 is 2.07 bits per heavy atom. The minimum Gasteiger partial charge on any atom is -0.508 e. The number of benzene rings is 1. The van der Waals surface area contributed by atoms with Crippen LogP contribution in [-0.2, 0) is 14.4 Å². The van der Waals surface area contributed by atoms with Crippen molar-refractivity contribution >= 4 is 23.9 Å². The molecule has 9 nitrogen and oxygen atoms in total. The van der Waals surface area contributed by atoms with Crippen molar-refractivity contribution in [2.24, 2.45) is 11.8 Å². The number of amides is 3. The highest BCUT2D eigenvalue weighted by Gasteiger charge is 2.39. The Kier molecular flexibility index (Phi) is 7.05. The molecule has 0 bridgehead atoms. The summed E-state index contributed by atoms with van der Waals surface area (Å²) in [5.41, 5.74) is 3.41. The summed E-state index contributed by atoms with van der Waals surface area (Å²) in [6.45, 7) is 0.369. The Labute approximate surface area is 169 Å². The summed E-state index contributed by atoms with van der Waals surface area (Å²) in [5.74, 6) is -0.828. The van der Waals surface area contributed by atoms with Crippen LogP contribution in [0.5, 0.6) is 5.75 Å². The van der Waals surface area contributed by atoms with Crippen molar-refractivity contribution in [2.75, 3.05) is 18.4 Å². The predicted octanol–water partition coefficient (Wildman–Crippen LogP) is 1.48. The van der Waals surface area contributed by atoms with Crippen molar-refractivity contribution in [1.82, 2.24) is 15.5 Å². The normalized spacial score (nSPS) is 20.4. The minimum atomic E-state index is -0.709. The molecule has 3 amide bonds. The number of phenols is 1. The van der Waals surface area contributed by atoms with E-state index in [9.17, 15) is 24.7 Å². The molecule has 1 saturated carbocycles. The van der Waals surface area contributed by atoms with E-state index in [1.54, 1.807) is 12.1 Å². The summed E-state index contributed by atoms with van der Waals surface area (Å²) in [4.78, 5) is 36.8. The monoisotopic (exact) mass is 404 g/mol. The molecule has 1 saturated heterocycles. The predicted molar refractivity (Wildman–Crippen MR) is 105 cm³/mol. The zero-order valence-corrected chi connectivity index (χ0v) is 16.3. The molecule has 29 heavy (non-hydrogen) atoms. The van der Waals surface area contributed by atoms with Gasteiger partial charge < -0.3 is 10.4 Å². The average molecular weight is 404 g/mol. The van der Waals surface area contributed by atoms with Crippen LogP contribution < -0.4 is 10.7 Å². The number of carbonyl (C=O) groups is 3. The minimum absolute atomic E-state index is 0.0359. The lowest BCUT2D eigenvalue weighted by Crippen LogP contribution is -2.51. The molecule has 158 valence electrons. The van der Waals surface area contributed by atoms with Gasteiger partial charge in [0.1, 0.15) is 11.8 Å². The van der Waals surface area contributed by atoms with E-state index in [1.165, 1.54) is 17.1 Å². The first kappa shape index (κ1) is 21.1. The van der Waals surface area contributed by atoms with E-state index in [4.69, 9.17) is 0 Å². The average Bonchev–Trinajstić information content (AvgIpc) is 3.38. The summed E-state index contributed by atoms with van der Waals surface area (Å²) in [6, 6.07) is 5.50. The molecule has 0 spiro atoms. The maximum atomic E-state index is 13.2. The Hall–Kier alpha value is -2.65. The van der Waals surface area contributed by atoms with Crippen molar-refractivity contribution in [3.8, 4) is 5.75 Å². The fourth-order valence-corrected chi connectivity index (χ4v) is 4.22. The lowest BCUT2D eigenvalue weighted by molar-refractivity contribution is -0.159. The van der Waals surface area contributed by atoms with E-state index < -0.39 is 12.0 Å². The number of hydrogen-bond donors (Lipinski definition) is 4. The van der Waals surface area contributed by atoms with E-state index >= 15 is 0 Å². The second-order valence-corrected chi connectivity index (χ2v) is 7.77. The molecule has 1 aromatic rings. The van der Waals surface area contributed by atoms with Crippen molar-refractivity contribution in [1.29, 1.82) is 0 Å². The summed E-state index contributed by atoms with van der Waals surface area (Å²) in [5, 5.41) is 23.8. The Balaban J connectivity index is 1.69. The molecular formula is C20H28N4O5. The van der Waals surface area contributed by atoms with Crippen LogP contribution in [0.2, 0.25) is 0 Å². The third-order valence-electron chi connectivity index (χ3n) is 5.64. The summed E-state index contributed by atoms with van der Waals surface area (Å²) in [7, 11) is 0. The van der Waals surface area contributed by atoms with Gasteiger partial charge in [-0.15, -0.1) is 0 Å². The number of nitrogens with zero attached hydrogens (tertiary/aromatic N) is 2. The smallest absolute Gasteiger partial charge is 0.248 e. The van der Waals surface area contributed by atoms with E-state index in [0.29, 0.717) is 42.5 Å². The number of hydroxylamine groups is 2. The van der Waals surface area contributed by atoms with Gasteiger partial charge in [0, 0.05) is 18.3 Å². The van der Waals surface area contributed by atoms with Crippen LogP contribution in [-0.4, -0.2) is 57.7 Å². The number of anilines is 1. The molecule has 1 heterocycles. The molecular weight excluding hydrogens is 376 g/mol. The highest BCUT2D eigenvalue weighted by Crippen LogP contribution is 2.31. The van der Waals surface area contributed by atoms with Crippen molar-refractivity contribution in [2.45, 2.75) is 44.6 Å². The highest BCUT2D eigenvalue weighted by atomic mass is 16.5. The molecule has 0 unspecified atom stereocenters. The molecule has 0 aromatic heterocycles. The van der Waals surface area contributed by atoms with Gasteiger partial charge in [-0.1, -0.05) is 31.7 Å². The molecule has 1 aliphatic carbocycles. The van der Waals surface area contributed by atoms with Gasteiger partial charge >= 0.3 is 0 Å². The molecule has 4 N–H and O–H groups in total. The van der Waals surface area contributed by atoms with Gasteiger partial charge in [-0.05, 0) is 30.9 Å². The van der Waals surface area contributed by atoms with E-state index in [2.05, 4.69) is 10.7 Å². The SMILES string of the molecule is O=CN(O)C[C@@H](CC1CCCC1)C(=O)N1NCC[C@H]1C(=O)Nc1cccc(O)c1. The molecule has 0 radical (unpaired) electrons. The van der Waals surface area contributed by atoms with E-state index in [-0.39, 0.29) is 24.1 Å². The summed E-state index contributed by atoms with van der Waals surface area (Å²) < 4.78 is 0. The largest absolute Gasteiger partial charge is 0.508 e. The maximum Gasteiger partial charge on any atom is 0.248 e. The standard InChI is InChI=1S/C20H28N4O5/c25-13-23(29)12-15(10-14-4-1-2-5-14)20(28)24-18(8-9-21-24)19(27)22-16-6-3-7-17(26)11-16/h3,6-7,11,13-15,18,21,26,29H,1-2,4-5,8-10,12H2,(H,22,27)/t15-,18+/m1/s1. The Morgan fingerprint density at radius 1 is 1.31 bits per heavy atom. The number of carbonyl (C=O) groups excluding carboxylic acids is 3. The lowest BCUT2D eigenvalue weighted by atomic mass is 9.92. The molecule has 2 fully saturated rings. The van der Waals surface area contributed by atoms with Crippen LogP contribution in [0.1, 0.15) is 38.5 Å². The number of hydrogen-bond acceptors (Lipinski definition) is 6. The van der Waals surface area contributed by atoms with Gasteiger partial charge in [-0.2, -0.15) is 0 Å². The van der Waals surface area contributed by atoms with Crippen LogP contribution in [0.3, 0.4) is 0 Å². The topological polar surface area (TPSA) is 122 Å². The van der Waals surface area contributed by atoms with Crippen LogP contribution in [0.4, 0.5) is 5.69 Å². The maximum absolute atomic E-state index is 13.2. The fourth-order valence-electron chi connectivity index (χ4n) is 4.22. The van der Waals surface area contributed by atoms with Gasteiger partial charge in [0.15, 0.2) is 0 Å². The van der Waals surface area contributed by atoms with Crippen LogP contribution >= 0.6 is 0 Å². The van der Waals surface area contributed by atoms with Gasteiger partial charge in [0.25, 0.3) is 0 Å². The molecule has 9 heteroatoms. The van der Waals surface area contributed by atoms with Crippen molar-refractivity contribution in [3.05, 3.63) is 24.3 Å². The van der Waals surface area contributed by atoms with Crippen LogP contribution in [0, 0.1) is 11.8 Å². The third kappa shape index (κ3) is 5.45. The van der Waals surface area contributed by atoms with Crippen molar-refractivity contribution in [3.63, 3.8) is 0 Å². The molecule has 2 atom stereocenters. The number of nitrogens with one attached hydrogen (secondary N) is 2.